The zero-order valence-corrected chi connectivity index (χ0v) is 17.6. The molecule has 1 unspecified atom stereocenters. The van der Waals surface area contributed by atoms with E-state index < -0.39 is 5.41 Å². The molecule has 152 valence electrons. The lowest BCUT2D eigenvalue weighted by Gasteiger charge is -2.57. The Morgan fingerprint density at radius 1 is 1.14 bits per heavy atom. The molecule has 29 heavy (non-hydrogen) atoms. The first-order valence-corrected chi connectivity index (χ1v) is 10.5. The van der Waals surface area contributed by atoms with E-state index in [1.54, 1.807) is 14.0 Å². The summed E-state index contributed by atoms with van der Waals surface area (Å²) >= 11 is 0. The molecule has 4 nitrogen and oxygen atoms in total. The summed E-state index contributed by atoms with van der Waals surface area (Å²) in [4.78, 5) is 25.8. The molecule has 0 radical (unpaired) electrons. The van der Waals surface area contributed by atoms with Crippen molar-refractivity contribution in [3.63, 3.8) is 0 Å². The quantitative estimate of drug-likeness (QED) is 0.566. The van der Waals surface area contributed by atoms with E-state index in [2.05, 4.69) is 37.3 Å². The molecule has 1 fully saturated rings. The van der Waals surface area contributed by atoms with Gasteiger partial charge < -0.3 is 9.47 Å². The van der Waals surface area contributed by atoms with E-state index in [1.807, 2.05) is 6.08 Å². The van der Waals surface area contributed by atoms with Crippen molar-refractivity contribution in [2.24, 2.45) is 22.2 Å². The Labute approximate surface area is 172 Å². The average molecular weight is 392 g/mol. The largest absolute Gasteiger partial charge is 0.497 e. The minimum absolute atomic E-state index is 0.0478. The van der Waals surface area contributed by atoms with Crippen LogP contribution in [0.1, 0.15) is 50.2 Å². The lowest BCUT2D eigenvalue weighted by Crippen LogP contribution is -2.53. The number of allylic oxidation sites excluding steroid dienone is 3. The van der Waals surface area contributed by atoms with Crippen LogP contribution in [0.15, 0.2) is 42.0 Å². The number of ketones is 1. The number of hydrogen-bond acceptors (Lipinski definition) is 4. The summed E-state index contributed by atoms with van der Waals surface area (Å²) < 4.78 is 10.6. The Kier molecular flexibility index (Phi) is 3.76. The molecule has 1 aromatic rings. The van der Waals surface area contributed by atoms with E-state index in [4.69, 9.17) is 9.47 Å². The highest BCUT2D eigenvalue weighted by molar-refractivity contribution is 6.04. The van der Waals surface area contributed by atoms with Gasteiger partial charge in [-0.3, -0.25) is 4.79 Å². The number of esters is 1. The van der Waals surface area contributed by atoms with Gasteiger partial charge in [-0.1, -0.05) is 31.2 Å². The standard InChI is InChI=1S/C25H28O4/c1-15(26)25-12-11-24(14-21(25)22(27)29-4)20-8-5-16-13-17(28-3)6-7-18(16)19(20)9-10-23(24,25)2/h6-7,11-14,19-20H,5,8-10H2,1-4H3/t19-,20-,23+,24?,25+/m1/s1. The molecule has 0 spiro atoms. The Morgan fingerprint density at radius 3 is 2.62 bits per heavy atom. The number of carbonyl (C=O) groups is 2. The summed E-state index contributed by atoms with van der Waals surface area (Å²) in [6, 6.07) is 6.45. The molecule has 0 amide bonds. The molecule has 2 bridgehead atoms. The van der Waals surface area contributed by atoms with Crippen molar-refractivity contribution in [2.75, 3.05) is 14.2 Å². The van der Waals surface area contributed by atoms with Crippen LogP contribution in [-0.2, 0) is 20.7 Å². The van der Waals surface area contributed by atoms with Gasteiger partial charge in [-0.25, -0.2) is 4.79 Å². The topological polar surface area (TPSA) is 52.6 Å². The molecule has 4 aliphatic rings. The summed E-state index contributed by atoms with van der Waals surface area (Å²) in [5, 5.41) is 0. The minimum Gasteiger partial charge on any atom is -0.497 e. The smallest absolute Gasteiger partial charge is 0.334 e. The molecule has 4 heteroatoms. The molecular weight excluding hydrogens is 364 g/mol. The maximum atomic E-state index is 13.0. The van der Waals surface area contributed by atoms with Gasteiger partial charge in [0.25, 0.3) is 0 Å². The van der Waals surface area contributed by atoms with Crippen LogP contribution in [0.3, 0.4) is 0 Å². The fraction of sp³-hybridized carbons (Fsp3) is 0.520. The number of benzene rings is 1. The van der Waals surface area contributed by atoms with E-state index >= 15 is 0 Å². The molecule has 0 N–H and O–H groups in total. The van der Waals surface area contributed by atoms with Crippen molar-refractivity contribution in [1.29, 1.82) is 0 Å². The van der Waals surface area contributed by atoms with Crippen LogP contribution >= 0.6 is 0 Å². The third-order valence-corrected chi connectivity index (χ3v) is 8.73. The number of Topliss-reactive ketones (excluding diaryl/α,β-unsaturated/α-hetero) is 1. The molecule has 1 aromatic carbocycles. The van der Waals surface area contributed by atoms with Crippen molar-refractivity contribution in [2.45, 2.75) is 45.4 Å². The summed E-state index contributed by atoms with van der Waals surface area (Å²) in [5.41, 5.74) is 1.90. The van der Waals surface area contributed by atoms with E-state index in [0.29, 0.717) is 17.4 Å². The maximum absolute atomic E-state index is 13.0. The van der Waals surface area contributed by atoms with E-state index in [-0.39, 0.29) is 22.6 Å². The molecular formula is C25H28O4. The number of ether oxygens (including phenoxy) is 2. The van der Waals surface area contributed by atoms with Crippen LogP contribution in [0, 0.1) is 22.2 Å². The number of hydrogen-bond donors (Lipinski definition) is 0. The molecule has 0 heterocycles. The van der Waals surface area contributed by atoms with Crippen molar-refractivity contribution >= 4 is 11.8 Å². The van der Waals surface area contributed by atoms with Crippen molar-refractivity contribution < 1.29 is 19.1 Å². The van der Waals surface area contributed by atoms with E-state index in [0.717, 1.165) is 31.4 Å². The summed E-state index contributed by atoms with van der Waals surface area (Å²) in [7, 11) is 3.12. The molecule has 4 aliphatic carbocycles. The minimum atomic E-state index is -0.856. The van der Waals surface area contributed by atoms with Gasteiger partial charge in [0.2, 0.25) is 0 Å². The SMILES string of the molecule is COC(=O)C1=CC23C=C[C@@]1(C(C)=O)[C@@]2(C)CC[C@@H]1c2ccc(OC)cc2CC[C@H]13. The van der Waals surface area contributed by atoms with Gasteiger partial charge in [0.05, 0.1) is 25.2 Å². The van der Waals surface area contributed by atoms with Gasteiger partial charge in [-0.15, -0.1) is 0 Å². The molecule has 5 rings (SSSR count). The molecule has 0 saturated heterocycles. The summed E-state index contributed by atoms with van der Waals surface area (Å²) in [5.74, 6) is 1.40. The van der Waals surface area contributed by atoms with Gasteiger partial charge in [0.15, 0.2) is 0 Å². The van der Waals surface area contributed by atoms with Crippen molar-refractivity contribution in [3.05, 3.63) is 53.1 Å². The average Bonchev–Trinajstić information content (AvgIpc) is 3.15. The lowest BCUT2D eigenvalue weighted by atomic mass is 9.45. The summed E-state index contributed by atoms with van der Waals surface area (Å²) in [6.07, 6.45) is 10.4. The molecule has 5 atom stereocenters. The molecule has 1 saturated carbocycles. The third kappa shape index (κ3) is 1.95. The highest BCUT2D eigenvalue weighted by Crippen LogP contribution is 2.77. The second-order valence-electron chi connectivity index (χ2n) is 9.37. The van der Waals surface area contributed by atoms with Crippen LogP contribution in [0.4, 0.5) is 0 Å². The Bertz CT molecular complexity index is 989. The predicted octanol–water partition coefficient (Wildman–Crippen LogP) is 4.39. The van der Waals surface area contributed by atoms with Gasteiger partial charge in [-0.05, 0) is 67.7 Å². The van der Waals surface area contributed by atoms with Gasteiger partial charge >= 0.3 is 5.97 Å². The van der Waals surface area contributed by atoms with E-state index in [1.165, 1.54) is 18.2 Å². The first-order chi connectivity index (χ1) is 13.8. The van der Waals surface area contributed by atoms with E-state index in [9.17, 15) is 9.59 Å². The van der Waals surface area contributed by atoms with Gasteiger partial charge in [0, 0.05) is 10.8 Å². The lowest BCUT2D eigenvalue weighted by molar-refractivity contribution is -0.142. The monoisotopic (exact) mass is 392 g/mol. The Hall–Kier alpha value is -2.36. The van der Waals surface area contributed by atoms with Crippen LogP contribution in [0.2, 0.25) is 0 Å². The zero-order valence-electron chi connectivity index (χ0n) is 17.6. The Balaban J connectivity index is 1.66. The molecule has 0 aliphatic heterocycles. The highest BCUT2D eigenvalue weighted by atomic mass is 16.5. The van der Waals surface area contributed by atoms with Crippen LogP contribution in [-0.4, -0.2) is 26.0 Å². The van der Waals surface area contributed by atoms with Crippen LogP contribution in [0.25, 0.3) is 0 Å². The number of carbonyl (C=O) groups excluding carboxylic acids is 2. The predicted molar refractivity (Wildman–Crippen MR) is 110 cm³/mol. The number of methoxy groups -OCH3 is 2. The normalized spacial score (nSPS) is 38.6. The Morgan fingerprint density at radius 2 is 1.93 bits per heavy atom. The first kappa shape index (κ1) is 18.7. The number of fused-ring (bicyclic) bond motifs is 3. The van der Waals surface area contributed by atoms with Gasteiger partial charge in [-0.2, -0.15) is 0 Å². The maximum Gasteiger partial charge on any atom is 0.334 e. The number of rotatable bonds is 3. The summed E-state index contributed by atoms with van der Waals surface area (Å²) in [6.45, 7) is 3.85. The highest BCUT2D eigenvalue weighted by Gasteiger charge is 2.74. The number of aryl methyl sites for hydroxylation is 1. The second-order valence-corrected chi connectivity index (χ2v) is 9.37. The zero-order chi connectivity index (χ0) is 20.6. The van der Waals surface area contributed by atoms with Crippen molar-refractivity contribution in [1.82, 2.24) is 0 Å². The molecule has 0 aromatic heterocycles. The second kappa shape index (κ2) is 5.84. The van der Waals surface area contributed by atoms with Crippen LogP contribution in [0.5, 0.6) is 5.75 Å². The first-order valence-electron chi connectivity index (χ1n) is 10.5. The fourth-order valence-electron chi connectivity index (χ4n) is 7.39. The third-order valence-electron chi connectivity index (χ3n) is 8.73. The van der Waals surface area contributed by atoms with Crippen LogP contribution < -0.4 is 4.74 Å². The van der Waals surface area contributed by atoms with Gasteiger partial charge in [0.1, 0.15) is 11.5 Å². The fourth-order valence-corrected chi connectivity index (χ4v) is 7.39. The van der Waals surface area contributed by atoms with Crippen molar-refractivity contribution in [3.8, 4) is 5.75 Å².